The highest BCUT2D eigenvalue weighted by Gasteiger charge is 2.29. The normalized spacial score (nSPS) is 22.5. The predicted molar refractivity (Wildman–Crippen MR) is 79.3 cm³/mol. The van der Waals surface area contributed by atoms with Crippen LogP contribution in [0.15, 0.2) is 18.2 Å². The quantitative estimate of drug-likeness (QED) is 0.672. The summed E-state index contributed by atoms with van der Waals surface area (Å²) in [6.07, 6.45) is -1.38. The van der Waals surface area contributed by atoms with Crippen molar-refractivity contribution in [1.29, 1.82) is 0 Å². The van der Waals surface area contributed by atoms with Crippen LogP contribution in [0.3, 0.4) is 0 Å². The fraction of sp³-hybridized carbons (Fsp3) is 0.571. The number of β-amino-alcohol motifs (C(OH)–C–C–N with tert-alkyl or cyclic N) is 2. The van der Waals surface area contributed by atoms with Crippen molar-refractivity contribution < 1.29 is 14.9 Å². The maximum Gasteiger partial charge on any atom is 0.0990 e. The summed E-state index contributed by atoms with van der Waals surface area (Å²) in [7, 11) is 1.67. The summed E-state index contributed by atoms with van der Waals surface area (Å²) < 4.78 is 4.97. The molecule has 1 saturated heterocycles. The first-order chi connectivity index (χ1) is 9.61. The van der Waals surface area contributed by atoms with Gasteiger partial charge in [-0.25, -0.2) is 0 Å². The first-order valence-electron chi connectivity index (χ1n) is 6.71. The molecule has 0 amide bonds. The Morgan fingerprint density at radius 1 is 1.35 bits per heavy atom. The molecule has 1 fully saturated rings. The Kier molecular flexibility index (Phi) is 5.63. The van der Waals surface area contributed by atoms with E-state index in [2.05, 4.69) is 5.32 Å². The van der Waals surface area contributed by atoms with Gasteiger partial charge < -0.3 is 25.2 Å². The third-order valence-corrected chi connectivity index (χ3v) is 3.81. The molecule has 2 unspecified atom stereocenters. The van der Waals surface area contributed by atoms with E-state index >= 15 is 0 Å². The molecular weight excluding hydrogens is 280 g/mol. The third-order valence-electron chi connectivity index (χ3n) is 3.46. The van der Waals surface area contributed by atoms with E-state index in [0.29, 0.717) is 31.3 Å². The molecule has 0 aromatic heterocycles. The molecule has 2 atom stereocenters. The molecule has 0 spiro atoms. The number of hydrogen-bond acceptors (Lipinski definition) is 5. The molecule has 0 radical (unpaired) electrons. The summed E-state index contributed by atoms with van der Waals surface area (Å²) >= 11 is 6.27. The van der Waals surface area contributed by atoms with Gasteiger partial charge in [0.15, 0.2) is 0 Å². The molecule has 3 N–H and O–H groups in total. The summed E-state index contributed by atoms with van der Waals surface area (Å²) in [4.78, 5) is 1.93. The van der Waals surface area contributed by atoms with Crippen molar-refractivity contribution in [2.24, 2.45) is 0 Å². The molecule has 0 aliphatic carbocycles. The van der Waals surface area contributed by atoms with Crippen molar-refractivity contribution in [3.8, 4) is 0 Å². The van der Waals surface area contributed by atoms with Crippen molar-refractivity contribution in [3.05, 3.63) is 28.8 Å². The largest absolute Gasteiger partial charge is 0.389 e. The molecular formula is C14H21ClN2O3. The minimum absolute atomic E-state index is 0.433. The van der Waals surface area contributed by atoms with E-state index < -0.39 is 12.2 Å². The van der Waals surface area contributed by atoms with Gasteiger partial charge in [0.05, 0.1) is 18.8 Å². The molecule has 1 aliphatic heterocycles. The number of methoxy groups -OCH3 is 1. The van der Waals surface area contributed by atoms with Crippen molar-refractivity contribution >= 4 is 17.3 Å². The number of nitrogens with one attached hydrogen (secondary N) is 1. The van der Waals surface area contributed by atoms with Gasteiger partial charge in [-0.2, -0.15) is 0 Å². The van der Waals surface area contributed by atoms with Gasteiger partial charge in [0.1, 0.15) is 0 Å². The van der Waals surface area contributed by atoms with Crippen LogP contribution in [-0.4, -0.2) is 55.8 Å². The Hall–Kier alpha value is -0.850. The third kappa shape index (κ3) is 3.84. The van der Waals surface area contributed by atoms with Crippen molar-refractivity contribution in [2.45, 2.75) is 18.8 Å². The van der Waals surface area contributed by atoms with E-state index in [1.807, 2.05) is 23.1 Å². The molecule has 1 aromatic carbocycles. The fourth-order valence-electron chi connectivity index (χ4n) is 2.25. The highest BCUT2D eigenvalue weighted by atomic mass is 35.5. The molecule has 0 saturated carbocycles. The monoisotopic (exact) mass is 300 g/mol. The number of benzene rings is 1. The SMILES string of the molecule is COCCNCc1ccc(N2CC(O)C(O)C2)cc1Cl. The van der Waals surface area contributed by atoms with Crippen molar-refractivity contribution in [3.63, 3.8) is 0 Å². The molecule has 5 nitrogen and oxygen atoms in total. The van der Waals surface area contributed by atoms with Gasteiger partial charge in [0.2, 0.25) is 0 Å². The van der Waals surface area contributed by atoms with Crippen LogP contribution in [-0.2, 0) is 11.3 Å². The van der Waals surface area contributed by atoms with E-state index in [-0.39, 0.29) is 0 Å². The van der Waals surface area contributed by atoms with Crippen LogP contribution in [0.4, 0.5) is 5.69 Å². The van der Waals surface area contributed by atoms with Gasteiger partial charge >= 0.3 is 0 Å². The predicted octanol–water partition coefficient (Wildman–Crippen LogP) is 0.618. The second-order valence-electron chi connectivity index (χ2n) is 4.98. The standard InChI is InChI=1S/C14H21ClN2O3/c1-20-5-4-16-7-10-2-3-11(6-12(10)15)17-8-13(18)14(19)9-17/h2-3,6,13-14,16,18-19H,4-5,7-9H2,1H3. The summed E-state index contributed by atoms with van der Waals surface area (Å²) in [5.74, 6) is 0. The second-order valence-corrected chi connectivity index (χ2v) is 5.39. The van der Waals surface area contributed by atoms with Crippen molar-refractivity contribution in [2.75, 3.05) is 38.3 Å². The summed E-state index contributed by atoms with van der Waals surface area (Å²) in [5.41, 5.74) is 1.94. The van der Waals surface area contributed by atoms with Crippen molar-refractivity contribution in [1.82, 2.24) is 5.32 Å². The summed E-state index contributed by atoms with van der Waals surface area (Å²) in [5, 5.41) is 23.1. The first kappa shape index (κ1) is 15.5. The number of aliphatic hydroxyl groups excluding tert-OH is 2. The lowest BCUT2D eigenvalue weighted by atomic mass is 10.2. The minimum Gasteiger partial charge on any atom is -0.389 e. The van der Waals surface area contributed by atoms with Crippen LogP contribution < -0.4 is 10.2 Å². The highest BCUT2D eigenvalue weighted by Crippen LogP contribution is 2.26. The fourth-order valence-corrected chi connectivity index (χ4v) is 2.50. The molecule has 1 heterocycles. The van der Waals surface area contributed by atoms with E-state index in [1.165, 1.54) is 0 Å². The number of hydrogen-bond donors (Lipinski definition) is 3. The van der Waals surface area contributed by atoms with Gasteiger partial charge in [-0.05, 0) is 17.7 Å². The number of halogens is 1. The van der Waals surface area contributed by atoms with Crippen LogP contribution in [0.5, 0.6) is 0 Å². The van der Waals surface area contributed by atoms with E-state index in [4.69, 9.17) is 16.3 Å². The average Bonchev–Trinajstić information content (AvgIpc) is 2.76. The number of anilines is 1. The molecule has 0 bridgehead atoms. The molecule has 6 heteroatoms. The number of nitrogens with zero attached hydrogens (tertiary/aromatic N) is 1. The van der Waals surface area contributed by atoms with Gasteiger partial charge in [-0.3, -0.25) is 0 Å². The highest BCUT2D eigenvalue weighted by molar-refractivity contribution is 6.31. The molecule has 2 rings (SSSR count). The first-order valence-corrected chi connectivity index (χ1v) is 7.08. The number of rotatable bonds is 6. The van der Waals surface area contributed by atoms with Gasteiger partial charge in [0, 0.05) is 44.0 Å². The van der Waals surface area contributed by atoms with Crippen LogP contribution >= 0.6 is 11.6 Å². The maximum absolute atomic E-state index is 9.57. The topological polar surface area (TPSA) is 65.0 Å². The van der Waals surface area contributed by atoms with Crippen LogP contribution in [0.2, 0.25) is 5.02 Å². The summed E-state index contributed by atoms with van der Waals surface area (Å²) in [6.45, 7) is 3.00. The molecule has 1 aliphatic rings. The Bertz CT molecular complexity index is 434. The van der Waals surface area contributed by atoms with E-state index in [0.717, 1.165) is 17.8 Å². The Balaban J connectivity index is 1.95. The zero-order chi connectivity index (χ0) is 14.5. The lowest BCUT2D eigenvalue weighted by Crippen LogP contribution is -2.22. The number of aliphatic hydroxyl groups is 2. The zero-order valence-electron chi connectivity index (χ0n) is 11.6. The summed E-state index contributed by atoms with van der Waals surface area (Å²) in [6, 6.07) is 5.80. The molecule has 1 aromatic rings. The van der Waals surface area contributed by atoms with Gasteiger partial charge in [-0.15, -0.1) is 0 Å². The zero-order valence-corrected chi connectivity index (χ0v) is 12.3. The van der Waals surface area contributed by atoms with Gasteiger partial charge in [0.25, 0.3) is 0 Å². The smallest absolute Gasteiger partial charge is 0.0990 e. The number of ether oxygens (including phenoxy) is 1. The Morgan fingerprint density at radius 3 is 2.65 bits per heavy atom. The average molecular weight is 301 g/mol. The van der Waals surface area contributed by atoms with Crippen LogP contribution in [0.1, 0.15) is 5.56 Å². The minimum atomic E-state index is -0.691. The lowest BCUT2D eigenvalue weighted by Gasteiger charge is -2.19. The van der Waals surface area contributed by atoms with Crippen LogP contribution in [0.25, 0.3) is 0 Å². The molecule has 20 heavy (non-hydrogen) atoms. The van der Waals surface area contributed by atoms with Crippen LogP contribution in [0, 0.1) is 0 Å². The van der Waals surface area contributed by atoms with E-state index in [9.17, 15) is 10.2 Å². The maximum atomic E-state index is 9.57. The van der Waals surface area contributed by atoms with E-state index in [1.54, 1.807) is 7.11 Å². The Morgan fingerprint density at radius 2 is 2.05 bits per heavy atom. The molecule has 112 valence electrons. The lowest BCUT2D eigenvalue weighted by molar-refractivity contribution is 0.0572. The Labute approximate surface area is 124 Å². The second kappa shape index (κ2) is 7.24. The van der Waals surface area contributed by atoms with Gasteiger partial charge in [-0.1, -0.05) is 17.7 Å².